The fourth-order valence-corrected chi connectivity index (χ4v) is 3.71. The van der Waals surface area contributed by atoms with Crippen molar-refractivity contribution in [1.82, 2.24) is 9.03 Å². The molecule has 1 heterocycles. The third-order valence-electron chi connectivity index (χ3n) is 4.08. The van der Waals surface area contributed by atoms with Gasteiger partial charge in [-0.2, -0.15) is 17.4 Å². The van der Waals surface area contributed by atoms with Crippen LogP contribution in [0, 0.1) is 11.8 Å². The summed E-state index contributed by atoms with van der Waals surface area (Å²) in [5.74, 6) is 0.824. The van der Waals surface area contributed by atoms with Gasteiger partial charge in [0, 0.05) is 19.1 Å². The fourth-order valence-electron chi connectivity index (χ4n) is 2.16. The summed E-state index contributed by atoms with van der Waals surface area (Å²) in [5.41, 5.74) is 5.61. The van der Waals surface area contributed by atoms with Crippen LogP contribution in [0.5, 0.6) is 0 Å². The van der Waals surface area contributed by atoms with Crippen LogP contribution in [0.2, 0.25) is 0 Å². The third-order valence-corrected chi connectivity index (χ3v) is 5.79. The Bertz CT molecular complexity index is 337. The molecule has 0 radical (unpaired) electrons. The maximum atomic E-state index is 12.2. The Morgan fingerprint density at radius 1 is 1.33 bits per heavy atom. The summed E-state index contributed by atoms with van der Waals surface area (Å²) >= 11 is 0. The number of nitrogens with one attached hydrogen (secondary N) is 1. The number of hydrogen-bond acceptors (Lipinski definition) is 3. The van der Waals surface area contributed by atoms with Gasteiger partial charge in [0.2, 0.25) is 0 Å². The van der Waals surface area contributed by atoms with E-state index < -0.39 is 10.2 Å². The Hall–Kier alpha value is -0.170. The SMILES string of the molecule is CCC(C)C(C)NS(=O)(=O)N1CCC(CN)CC1. The van der Waals surface area contributed by atoms with Gasteiger partial charge in [-0.15, -0.1) is 0 Å². The Kier molecular flexibility index (Phi) is 6.04. The van der Waals surface area contributed by atoms with E-state index in [1.54, 1.807) is 4.31 Å². The summed E-state index contributed by atoms with van der Waals surface area (Å²) in [6.07, 6.45) is 2.71. The molecule has 6 heteroatoms. The van der Waals surface area contributed by atoms with Crippen LogP contribution in [-0.4, -0.2) is 38.4 Å². The van der Waals surface area contributed by atoms with E-state index in [-0.39, 0.29) is 6.04 Å². The highest BCUT2D eigenvalue weighted by molar-refractivity contribution is 7.87. The second-order valence-electron chi connectivity index (χ2n) is 5.38. The van der Waals surface area contributed by atoms with E-state index >= 15 is 0 Å². The molecule has 0 spiro atoms. The van der Waals surface area contributed by atoms with Crippen molar-refractivity contribution in [1.29, 1.82) is 0 Å². The maximum absolute atomic E-state index is 12.2. The van der Waals surface area contributed by atoms with Crippen molar-refractivity contribution in [2.45, 2.75) is 46.1 Å². The molecule has 0 aromatic rings. The second kappa shape index (κ2) is 6.84. The third kappa shape index (κ3) is 4.19. The lowest BCUT2D eigenvalue weighted by Crippen LogP contribution is -2.49. The van der Waals surface area contributed by atoms with Gasteiger partial charge in [0.05, 0.1) is 0 Å². The molecular weight excluding hydrogens is 250 g/mol. The zero-order valence-corrected chi connectivity index (χ0v) is 12.5. The van der Waals surface area contributed by atoms with E-state index in [4.69, 9.17) is 5.73 Å². The van der Waals surface area contributed by atoms with Crippen molar-refractivity contribution in [2.75, 3.05) is 19.6 Å². The average Bonchev–Trinajstić information content (AvgIpc) is 2.37. The molecule has 0 aromatic carbocycles. The second-order valence-corrected chi connectivity index (χ2v) is 7.08. The van der Waals surface area contributed by atoms with Gasteiger partial charge >= 0.3 is 0 Å². The fraction of sp³-hybridized carbons (Fsp3) is 1.00. The molecule has 1 aliphatic heterocycles. The van der Waals surface area contributed by atoms with Crippen LogP contribution in [0.1, 0.15) is 40.0 Å². The van der Waals surface area contributed by atoms with Gasteiger partial charge in [-0.05, 0) is 38.1 Å². The van der Waals surface area contributed by atoms with Gasteiger partial charge in [0.25, 0.3) is 10.2 Å². The van der Waals surface area contributed by atoms with Gasteiger partial charge in [-0.1, -0.05) is 20.3 Å². The molecule has 1 saturated heterocycles. The lowest BCUT2D eigenvalue weighted by molar-refractivity contribution is 0.272. The summed E-state index contributed by atoms with van der Waals surface area (Å²) < 4.78 is 28.7. The Morgan fingerprint density at radius 2 is 1.89 bits per heavy atom. The van der Waals surface area contributed by atoms with Gasteiger partial charge in [0.15, 0.2) is 0 Å². The van der Waals surface area contributed by atoms with E-state index in [9.17, 15) is 8.42 Å². The molecule has 2 atom stereocenters. The molecule has 0 bridgehead atoms. The lowest BCUT2D eigenvalue weighted by Gasteiger charge is -2.32. The first-order valence-corrected chi connectivity index (χ1v) is 8.32. The van der Waals surface area contributed by atoms with Gasteiger partial charge < -0.3 is 5.73 Å². The maximum Gasteiger partial charge on any atom is 0.279 e. The molecule has 5 nitrogen and oxygen atoms in total. The standard InChI is InChI=1S/C12H27N3O2S/c1-4-10(2)11(3)14-18(16,17)15-7-5-12(9-13)6-8-15/h10-12,14H,4-9,13H2,1-3H3. The first-order valence-electron chi connectivity index (χ1n) is 6.88. The number of hydrogen-bond donors (Lipinski definition) is 2. The van der Waals surface area contributed by atoms with E-state index in [0.717, 1.165) is 19.3 Å². The summed E-state index contributed by atoms with van der Waals surface area (Å²) in [5, 5.41) is 0. The Labute approximate surface area is 111 Å². The average molecular weight is 277 g/mol. The van der Waals surface area contributed by atoms with Crippen LogP contribution in [0.3, 0.4) is 0 Å². The minimum atomic E-state index is -3.33. The number of piperidine rings is 1. The van der Waals surface area contributed by atoms with Crippen molar-refractivity contribution >= 4 is 10.2 Å². The summed E-state index contributed by atoms with van der Waals surface area (Å²) in [6, 6.07) is -0.0211. The molecule has 0 amide bonds. The van der Waals surface area contributed by atoms with Crippen LogP contribution >= 0.6 is 0 Å². The number of nitrogens with zero attached hydrogens (tertiary/aromatic N) is 1. The highest BCUT2D eigenvalue weighted by atomic mass is 32.2. The Morgan fingerprint density at radius 3 is 2.33 bits per heavy atom. The van der Waals surface area contributed by atoms with E-state index in [2.05, 4.69) is 18.6 Å². The quantitative estimate of drug-likeness (QED) is 0.758. The molecule has 2 unspecified atom stereocenters. The molecule has 0 aromatic heterocycles. The number of rotatable bonds is 6. The van der Waals surface area contributed by atoms with Crippen molar-refractivity contribution in [3.63, 3.8) is 0 Å². The zero-order valence-electron chi connectivity index (χ0n) is 11.7. The molecule has 3 N–H and O–H groups in total. The topological polar surface area (TPSA) is 75.4 Å². The molecule has 0 saturated carbocycles. The molecular formula is C12H27N3O2S. The first-order chi connectivity index (χ1) is 8.40. The highest BCUT2D eigenvalue weighted by Crippen LogP contribution is 2.18. The van der Waals surface area contributed by atoms with Crippen LogP contribution in [0.4, 0.5) is 0 Å². The lowest BCUT2D eigenvalue weighted by atomic mass is 9.99. The van der Waals surface area contributed by atoms with Crippen LogP contribution in [0.25, 0.3) is 0 Å². The predicted molar refractivity (Wildman–Crippen MR) is 74.3 cm³/mol. The molecule has 1 rings (SSSR count). The van der Waals surface area contributed by atoms with Gasteiger partial charge in [0.1, 0.15) is 0 Å². The highest BCUT2D eigenvalue weighted by Gasteiger charge is 2.29. The van der Waals surface area contributed by atoms with Crippen LogP contribution in [-0.2, 0) is 10.2 Å². The van der Waals surface area contributed by atoms with Gasteiger partial charge in [-0.25, -0.2) is 0 Å². The molecule has 0 aliphatic carbocycles. The zero-order chi connectivity index (χ0) is 13.8. The molecule has 18 heavy (non-hydrogen) atoms. The smallest absolute Gasteiger partial charge is 0.279 e. The number of nitrogens with two attached hydrogens (primary N) is 1. The van der Waals surface area contributed by atoms with Crippen molar-refractivity contribution in [3.05, 3.63) is 0 Å². The largest absolute Gasteiger partial charge is 0.330 e. The Balaban J connectivity index is 2.54. The summed E-state index contributed by atoms with van der Waals surface area (Å²) in [7, 11) is -3.33. The monoisotopic (exact) mass is 277 g/mol. The minimum absolute atomic E-state index is 0.0211. The van der Waals surface area contributed by atoms with Crippen LogP contribution < -0.4 is 10.5 Å². The van der Waals surface area contributed by atoms with E-state index in [1.807, 2.05) is 6.92 Å². The predicted octanol–water partition coefficient (Wildman–Crippen LogP) is 0.926. The summed E-state index contributed by atoms with van der Waals surface area (Å²) in [6.45, 7) is 7.90. The molecule has 1 fully saturated rings. The van der Waals surface area contributed by atoms with E-state index in [1.165, 1.54) is 0 Å². The van der Waals surface area contributed by atoms with Crippen molar-refractivity contribution in [2.24, 2.45) is 17.6 Å². The summed E-state index contributed by atoms with van der Waals surface area (Å²) in [4.78, 5) is 0. The minimum Gasteiger partial charge on any atom is -0.330 e. The normalized spacial score (nSPS) is 22.9. The first kappa shape index (κ1) is 15.9. The molecule has 1 aliphatic rings. The van der Waals surface area contributed by atoms with Crippen molar-refractivity contribution < 1.29 is 8.42 Å². The van der Waals surface area contributed by atoms with Crippen molar-refractivity contribution in [3.8, 4) is 0 Å². The van der Waals surface area contributed by atoms with E-state index in [0.29, 0.717) is 31.5 Å². The van der Waals surface area contributed by atoms with Crippen LogP contribution in [0.15, 0.2) is 0 Å². The molecule has 108 valence electrons. The van der Waals surface area contributed by atoms with Gasteiger partial charge in [-0.3, -0.25) is 0 Å².